The van der Waals surface area contributed by atoms with Crippen LogP contribution < -0.4 is 5.73 Å². The standard InChI is InChI=1S/C20H17N3O4S/c1-27-20(24)19-18(22)15(11-21)12-23(19)16-5-3-4-14(10-16)13-6-8-17(9-7-13)28(2,25)26/h3-10,12H,22H2,1-2H3. The van der Waals surface area contributed by atoms with Gasteiger partial charge in [0.25, 0.3) is 0 Å². The number of nitrogens with two attached hydrogens (primary N) is 1. The second-order valence-electron chi connectivity index (χ2n) is 6.13. The summed E-state index contributed by atoms with van der Waals surface area (Å²) in [5, 5.41) is 9.24. The fourth-order valence-electron chi connectivity index (χ4n) is 2.85. The Morgan fingerprint density at radius 1 is 1.14 bits per heavy atom. The molecule has 0 amide bonds. The van der Waals surface area contributed by atoms with Gasteiger partial charge in [-0.25, -0.2) is 13.2 Å². The molecule has 0 radical (unpaired) electrons. The summed E-state index contributed by atoms with van der Waals surface area (Å²) in [4.78, 5) is 12.4. The summed E-state index contributed by atoms with van der Waals surface area (Å²) in [6, 6.07) is 15.7. The molecule has 0 spiro atoms. The molecule has 3 aromatic rings. The zero-order chi connectivity index (χ0) is 20.5. The number of sulfone groups is 1. The van der Waals surface area contributed by atoms with Crippen molar-refractivity contribution in [1.82, 2.24) is 4.57 Å². The number of nitrogen functional groups attached to an aromatic ring is 1. The summed E-state index contributed by atoms with van der Waals surface area (Å²) in [7, 11) is -2.03. The largest absolute Gasteiger partial charge is 0.464 e. The normalized spacial score (nSPS) is 11.0. The third-order valence-electron chi connectivity index (χ3n) is 4.28. The molecule has 3 rings (SSSR count). The van der Waals surface area contributed by atoms with Crippen molar-refractivity contribution in [2.24, 2.45) is 0 Å². The Morgan fingerprint density at radius 3 is 2.39 bits per heavy atom. The van der Waals surface area contributed by atoms with Crippen molar-refractivity contribution >= 4 is 21.5 Å². The third kappa shape index (κ3) is 3.48. The van der Waals surface area contributed by atoms with Crippen LogP contribution in [0.2, 0.25) is 0 Å². The number of aromatic nitrogens is 1. The van der Waals surface area contributed by atoms with Crippen molar-refractivity contribution in [3.05, 3.63) is 66.0 Å². The lowest BCUT2D eigenvalue weighted by molar-refractivity contribution is 0.0593. The third-order valence-corrected chi connectivity index (χ3v) is 5.41. The number of rotatable bonds is 4. The number of hydrogen-bond acceptors (Lipinski definition) is 6. The summed E-state index contributed by atoms with van der Waals surface area (Å²) < 4.78 is 29.6. The lowest BCUT2D eigenvalue weighted by atomic mass is 10.1. The molecule has 0 saturated carbocycles. The number of carbonyl (C=O) groups excluding carboxylic acids is 1. The number of methoxy groups -OCH3 is 1. The molecule has 2 aromatic carbocycles. The number of nitriles is 1. The van der Waals surface area contributed by atoms with E-state index in [1.807, 2.05) is 18.2 Å². The van der Waals surface area contributed by atoms with Crippen LogP contribution in [0.3, 0.4) is 0 Å². The van der Waals surface area contributed by atoms with Crippen LogP contribution in [0.5, 0.6) is 0 Å². The highest BCUT2D eigenvalue weighted by Gasteiger charge is 2.21. The van der Waals surface area contributed by atoms with E-state index in [0.717, 1.165) is 17.4 Å². The predicted octanol–water partition coefficient (Wildman–Crippen LogP) is 2.79. The molecule has 0 bridgehead atoms. The number of benzene rings is 2. The Hall–Kier alpha value is -3.57. The first kappa shape index (κ1) is 19.2. The number of hydrogen-bond donors (Lipinski definition) is 1. The van der Waals surface area contributed by atoms with Gasteiger partial charge in [0, 0.05) is 18.1 Å². The fourth-order valence-corrected chi connectivity index (χ4v) is 3.48. The van der Waals surface area contributed by atoms with Crippen LogP contribution in [0.1, 0.15) is 16.1 Å². The van der Waals surface area contributed by atoms with Gasteiger partial charge in [0.05, 0.1) is 23.3 Å². The molecular formula is C20H17N3O4S. The van der Waals surface area contributed by atoms with Crippen LogP contribution in [0.4, 0.5) is 5.69 Å². The molecule has 1 heterocycles. The summed E-state index contributed by atoms with van der Waals surface area (Å²) in [5.74, 6) is -0.651. The van der Waals surface area contributed by atoms with E-state index in [4.69, 9.17) is 10.5 Å². The van der Waals surface area contributed by atoms with Crippen molar-refractivity contribution < 1.29 is 17.9 Å². The van der Waals surface area contributed by atoms with Crippen LogP contribution in [-0.2, 0) is 14.6 Å². The molecule has 8 heteroatoms. The highest BCUT2D eigenvalue weighted by Crippen LogP contribution is 2.28. The average molecular weight is 395 g/mol. The first-order valence-electron chi connectivity index (χ1n) is 8.16. The summed E-state index contributed by atoms with van der Waals surface area (Å²) in [6.07, 6.45) is 2.63. The predicted molar refractivity (Wildman–Crippen MR) is 105 cm³/mol. The van der Waals surface area contributed by atoms with Crippen LogP contribution in [0.15, 0.2) is 59.6 Å². The van der Waals surface area contributed by atoms with Gasteiger partial charge in [-0.2, -0.15) is 5.26 Å². The maximum atomic E-state index is 12.2. The number of anilines is 1. The monoisotopic (exact) mass is 395 g/mol. The lowest BCUT2D eigenvalue weighted by Gasteiger charge is -2.11. The van der Waals surface area contributed by atoms with Gasteiger partial charge < -0.3 is 15.0 Å². The number of nitrogens with zero attached hydrogens (tertiary/aromatic N) is 2. The van der Waals surface area contributed by atoms with Crippen LogP contribution >= 0.6 is 0 Å². The van der Waals surface area contributed by atoms with Crippen LogP contribution in [0, 0.1) is 11.3 Å². The molecule has 0 aliphatic rings. The van der Waals surface area contributed by atoms with Crippen LogP contribution in [0.25, 0.3) is 16.8 Å². The molecule has 0 aliphatic heterocycles. The minimum absolute atomic E-state index is 0.0530. The minimum atomic E-state index is -3.28. The molecule has 0 fully saturated rings. The van der Waals surface area contributed by atoms with E-state index in [9.17, 15) is 18.5 Å². The summed E-state index contributed by atoms with van der Waals surface area (Å²) in [6.45, 7) is 0. The fraction of sp³-hybridized carbons (Fsp3) is 0.100. The van der Waals surface area contributed by atoms with E-state index < -0.39 is 15.8 Å². The second kappa shape index (κ2) is 7.21. The maximum Gasteiger partial charge on any atom is 0.357 e. The van der Waals surface area contributed by atoms with E-state index in [1.165, 1.54) is 17.9 Å². The lowest BCUT2D eigenvalue weighted by Crippen LogP contribution is -2.11. The SMILES string of the molecule is COC(=O)c1c(N)c(C#N)cn1-c1cccc(-c2ccc(S(C)(=O)=O)cc2)c1. The topological polar surface area (TPSA) is 115 Å². The minimum Gasteiger partial charge on any atom is -0.464 e. The van der Waals surface area contributed by atoms with Gasteiger partial charge in [-0.3, -0.25) is 0 Å². The Kier molecular flexibility index (Phi) is 4.94. The van der Waals surface area contributed by atoms with Crippen molar-refractivity contribution in [1.29, 1.82) is 5.26 Å². The first-order valence-corrected chi connectivity index (χ1v) is 10.1. The molecule has 0 atom stereocenters. The van der Waals surface area contributed by atoms with Gasteiger partial charge in [0.1, 0.15) is 6.07 Å². The molecule has 142 valence electrons. The average Bonchev–Trinajstić information content (AvgIpc) is 3.03. The van der Waals surface area contributed by atoms with E-state index in [-0.39, 0.29) is 21.8 Å². The van der Waals surface area contributed by atoms with Crippen LogP contribution in [-0.4, -0.2) is 32.3 Å². The maximum absolute atomic E-state index is 12.2. The second-order valence-corrected chi connectivity index (χ2v) is 8.14. The van der Waals surface area contributed by atoms with Gasteiger partial charge in [-0.1, -0.05) is 24.3 Å². The van der Waals surface area contributed by atoms with Gasteiger partial charge in [0.15, 0.2) is 15.5 Å². The smallest absolute Gasteiger partial charge is 0.357 e. The molecule has 0 aliphatic carbocycles. The Morgan fingerprint density at radius 2 is 1.82 bits per heavy atom. The molecule has 28 heavy (non-hydrogen) atoms. The number of carbonyl (C=O) groups is 1. The highest BCUT2D eigenvalue weighted by atomic mass is 32.2. The van der Waals surface area contributed by atoms with Crippen molar-refractivity contribution in [2.75, 3.05) is 19.1 Å². The number of esters is 1. The van der Waals surface area contributed by atoms with Crippen molar-refractivity contribution in [2.45, 2.75) is 4.90 Å². The molecule has 0 saturated heterocycles. The Bertz CT molecular complexity index is 1200. The van der Waals surface area contributed by atoms with Gasteiger partial charge in [-0.05, 0) is 35.4 Å². The Balaban J connectivity index is 2.10. The van der Waals surface area contributed by atoms with Crippen molar-refractivity contribution in [3.8, 4) is 22.9 Å². The Labute approximate surface area is 162 Å². The summed E-state index contributed by atoms with van der Waals surface area (Å²) >= 11 is 0. The highest BCUT2D eigenvalue weighted by molar-refractivity contribution is 7.90. The zero-order valence-electron chi connectivity index (χ0n) is 15.2. The quantitative estimate of drug-likeness (QED) is 0.679. The molecule has 7 nitrogen and oxygen atoms in total. The molecule has 1 aromatic heterocycles. The van der Waals surface area contributed by atoms with Gasteiger partial charge >= 0.3 is 5.97 Å². The summed E-state index contributed by atoms with van der Waals surface area (Å²) in [5.41, 5.74) is 8.44. The first-order chi connectivity index (χ1) is 13.3. The zero-order valence-corrected chi connectivity index (χ0v) is 16.0. The van der Waals surface area contributed by atoms with E-state index in [1.54, 1.807) is 36.4 Å². The number of ether oxygens (including phenoxy) is 1. The van der Waals surface area contributed by atoms with Gasteiger partial charge in [0.2, 0.25) is 0 Å². The molecular weight excluding hydrogens is 378 g/mol. The van der Waals surface area contributed by atoms with Gasteiger partial charge in [-0.15, -0.1) is 0 Å². The van der Waals surface area contributed by atoms with E-state index in [0.29, 0.717) is 5.69 Å². The van der Waals surface area contributed by atoms with E-state index in [2.05, 4.69) is 0 Å². The van der Waals surface area contributed by atoms with E-state index >= 15 is 0 Å². The van der Waals surface area contributed by atoms with Crippen molar-refractivity contribution in [3.63, 3.8) is 0 Å². The molecule has 0 unspecified atom stereocenters. The molecule has 2 N–H and O–H groups in total.